The molecule has 0 aromatic rings. The third kappa shape index (κ3) is 6.41. The minimum atomic E-state index is -0.510. The second kappa shape index (κ2) is 11.2. The van der Waals surface area contributed by atoms with E-state index in [1.54, 1.807) is 12.2 Å². The van der Waals surface area contributed by atoms with Gasteiger partial charge < -0.3 is 19.6 Å². The summed E-state index contributed by atoms with van der Waals surface area (Å²) >= 11 is 0. The van der Waals surface area contributed by atoms with E-state index in [1.165, 1.54) is 16.9 Å². The molecule has 0 aromatic carbocycles. The van der Waals surface area contributed by atoms with Crippen LogP contribution in [0.2, 0.25) is 0 Å². The fourth-order valence-corrected chi connectivity index (χ4v) is 5.01. The van der Waals surface area contributed by atoms with E-state index in [0.29, 0.717) is 31.8 Å². The summed E-state index contributed by atoms with van der Waals surface area (Å²) in [6.45, 7) is 16.0. The zero-order valence-electron chi connectivity index (χ0n) is 20.1. The number of nitrogens with two attached hydrogens (primary N) is 1. The molecule has 0 bridgehead atoms. The number of allylic oxidation sites excluding steroid dienone is 4. The van der Waals surface area contributed by atoms with E-state index in [1.807, 2.05) is 13.8 Å². The Bertz CT molecular complexity index is 839. The summed E-state index contributed by atoms with van der Waals surface area (Å²) in [6, 6.07) is 0. The summed E-state index contributed by atoms with van der Waals surface area (Å²) in [5.41, 5.74) is 2.78. The Labute approximate surface area is 197 Å². The first-order chi connectivity index (χ1) is 15.8. The third-order valence-electron chi connectivity index (χ3n) is 6.87. The van der Waals surface area contributed by atoms with Gasteiger partial charge in [-0.1, -0.05) is 19.2 Å². The number of morpholine rings is 1. The number of nitrogens with zero attached hydrogens (tertiary/aromatic N) is 4. The molecule has 2 heterocycles. The molecule has 1 aliphatic carbocycles. The molecule has 3 rings (SSSR count). The Kier molecular flexibility index (Phi) is 8.64. The maximum atomic E-state index is 12.0. The van der Waals surface area contributed by atoms with Gasteiger partial charge in [0.15, 0.2) is 5.78 Å². The summed E-state index contributed by atoms with van der Waals surface area (Å²) in [7, 11) is 0. The summed E-state index contributed by atoms with van der Waals surface area (Å²) in [5, 5.41) is 12.0. The van der Waals surface area contributed by atoms with Crippen LogP contribution in [0.4, 0.5) is 0 Å². The van der Waals surface area contributed by atoms with Crippen LogP contribution in [0.15, 0.2) is 53.6 Å². The summed E-state index contributed by atoms with van der Waals surface area (Å²) in [6.07, 6.45) is 8.11. The number of hydrazine groups is 1. The molecule has 2 saturated heterocycles. The number of β-amino-alcohol motifs (C(OH)–C–C–N with tert-alkyl or cyclic N) is 1. The van der Waals surface area contributed by atoms with Gasteiger partial charge in [0.05, 0.1) is 18.3 Å². The molecule has 8 nitrogen and oxygen atoms in total. The molecule has 8 heteroatoms. The number of piperidine rings is 1. The van der Waals surface area contributed by atoms with Crippen molar-refractivity contribution in [1.29, 1.82) is 0 Å². The monoisotopic (exact) mass is 457 g/mol. The number of ether oxygens (including phenoxy) is 1. The standard InChI is InChI=1S/C25H39N5O3/c1-5-7-24(30(26)6-2)27-19(3)16-21(31)17-28-12-10-25(11-13-28)18-29(14-15-33-25)22-8-9-23(32)20(22)4/h5-7,21,31H,1-2,8-18,26H2,3-4H3/b24-7+,27-19-. The first kappa shape index (κ1) is 25.4. The van der Waals surface area contributed by atoms with Crippen molar-refractivity contribution in [2.75, 3.05) is 39.3 Å². The predicted octanol–water partition coefficient (Wildman–Crippen LogP) is 2.35. The van der Waals surface area contributed by atoms with Crippen LogP contribution in [-0.4, -0.2) is 82.4 Å². The number of aliphatic hydroxyl groups is 1. The van der Waals surface area contributed by atoms with Gasteiger partial charge >= 0.3 is 0 Å². The molecule has 0 amide bonds. The molecule has 182 valence electrons. The van der Waals surface area contributed by atoms with Crippen molar-refractivity contribution >= 4 is 11.5 Å². The Morgan fingerprint density at radius 3 is 2.67 bits per heavy atom. The third-order valence-corrected chi connectivity index (χ3v) is 6.87. The van der Waals surface area contributed by atoms with Crippen LogP contribution in [0.3, 0.4) is 0 Å². The molecular weight excluding hydrogens is 418 g/mol. The highest BCUT2D eigenvalue weighted by atomic mass is 16.5. The average molecular weight is 458 g/mol. The van der Waals surface area contributed by atoms with Gasteiger partial charge in [0.1, 0.15) is 5.82 Å². The molecule has 3 aliphatic rings. The van der Waals surface area contributed by atoms with Gasteiger partial charge in [-0.3, -0.25) is 9.80 Å². The Morgan fingerprint density at radius 2 is 2.06 bits per heavy atom. The number of aliphatic hydroxyl groups excluding tert-OH is 1. The van der Waals surface area contributed by atoms with Crippen molar-refractivity contribution in [3.8, 4) is 0 Å². The first-order valence-electron chi connectivity index (χ1n) is 11.8. The van der Waals surface area contributed by atoms with Crippen molar-refractivity contribution < 1.29 is 14.6 Å². The predicted molar refractivity (Wildman–Crippen MR) is 131 cm³/mol. The molecule has 1 spiro atoms. The maximum Gasteiger partial charge on any atom is 0.160 e. The van der Waals surface area contributed by atoms with E-state index >= 15 is 0 Å². The van der Waals surface area contributed by atoms with E-state index in [9.17, 15) is 9.90 Å². The zero-order valence-corrected chi connectivity index (χ0v) is 20.1. The van der Waals surface area contributed by atoms with Crippen molar-refractivity contribution in [3.05, 3.63) is 48.6 Å². The molecule has 1 unspecified atom stereocenters. The maximum absolute atomic E-state index is 12.0. The molecule has 0 radical (unpaired) electrons. The van der Waals surface area contributed by atoms with Crippen molar-refractivity contribution in [1.82, 2.24) is 14.8 Å². The molecule has 0 saturated carbocycles. The molecule has 2 aliphatic heterocycles. The quantitative estimate of drug-likeness (QED) is 0.238. The van der Waals surface area contributed by atoms with E-state index in [-0.39, 0.29) is 11.4 Å². The minimum absolute atomic E-state index is 0.157. The Morgan fingerprint density at radius 1 is 1.33 bits per heavy atom. The van der Waals surface area contributed by atoms with E-state index in [0.717, 1.165) is 56.7 Å². The molecule has 33 heavy (non-hydrogen) atoms. The number of hydrogen-bond acceptors (Lipinski definition) is 8. The number of likely N-dealkylation sites (tertiary alicyclic amines) is 1. The van der Waals surface area contributed by atoms with Crippen LogP contribution >= 0.6 is 0 Å². The summed E-state index contributed by atoms with van der Waals surface area (Å²) in [4.78, 5) is 21.2. The van der Waals surface area contributed by atoms with Crippen LogP contribution in [0, 0.1) is 0 Å². The lowest BCUT2D eigenvalue weighted by Crippen LogP contribution is -2.57. The van der Waals surface area contributed by atoms with Crippen LogP contribution in [0.1, 0.15) is 46.0 Å². The van der Waals surface area contributed by atoms with Gasteiger partial charge in [-0.2, -0.15) is 0 Å². The van der Waals surface area contributed by atoms with E-state index in [4.69, 9.17) is 10.6 Å². The highest BCUT2D eigenvalue weighted by Gasteiger charge is 2.41. The van der Waals surface area contributed by atoms with E-state index in [2.05, 4.69) is 28.0 Å². The summed E-state index contributed by atoms with van der Waals surface area (Å²) in [5.74, 6) is 6.66. The van der Waals surface area contributed by atoms with Crippen molar-refractivity contribution in [2.24, 2.45) is 10.8 Å². The van der Waals surface area contributed by atoms with Crippen LogP contribution in [0.5, 0.6) is 0 Å². The van der Waals surface area contributed by atoms with Gasteiger partial charge in [0, 0.05) is 68.7 Å². The highest BCUT2D eigenvalue weighted by Crippen LogP contribution is 2.35. The molecular formula is C25H39N5O3. The van der Waals surface area contributed by atoms with Crippen molar-refractivity contribution in [2.45, 2.75) is 57.7 Å². The largest absolute Gasteiger partial charge is 0.391 e. The molecule has 0 aromatic heterocycles. The fraction of sp³-hybridized carbons (Fsp3) is 0.600. The lowest BCUT2D eigenvalue weighted by molar-refractivity contribution is -0.131. The van der Waals surface area contributed by atoms with Crippen LogP contribution in [0.25, 0.3) is 0 Å². The lowest BCUT2D eigenvalue weighted by atomic mass is 9.88. The second-order valence-corrected chi connectivity index (χ2v) is 9.30. The SMILES string of the molecule is C=C/C=C(\N=C(\C)CC(O)CN1CCC2(CC1)CN(C1=C(C)C(=O)CC1)CCO2)N(N)C=C. The fourth-order valence-electron chi connectivity index (χ4n) is 5.01. The van der Waals surface area contributed by atoms with Gasteiger partial charge in [-0.15, -0.1) is 0 Å². The van der Waals surface area contributed by atoms with E-state index < -0.39 is 6.10 Å². The molecule has 1 atom stereocenters. The van der Waals surface area contributed by atoms with Gasteiger partial charge in [0.25, 0.3) is 0 Å². The second-order valence-electron chi connectivity index (χ2n) is 9.30. The number of hydrogen-bond donors (Lipinski definition) is 2. The Hall–Kier alpha value is -2.26. The van der Waals surface area contributed by atoms with Crippen LogP contribution in [-0.2, 0) is 9.53 Å². The number of Topliss-reactive ketones (excluding diaryl/α,β-unsaturated/α-hetero) is 1. The van der Waals surface area contributed by atoms with Gasteiger partial charge in [-0.05, 0) is 39.2 Å². The number of carbonyl (C=O) groups is 1. The van der Waals surface area contributed by atoms with Gasteiger partial charge in [0.2, 0.25) is 0 Å². The minimum Gasteiger partial charge on any atom is -0.391 e. The normalized spacial score (nSPS) is 23.3. The number of ketones is 1. The highest BCUT2D eigenvalue weighted by molar-refractivity contribution is 5.97. The van der Waals surface area contributed by atoms with Gasteiger partial charge in [-0.25, -0.2) is 10.8 Å². The van der Waals surface area contributed by atoms with Crippen molar-refractivity contribution in [3.63, 3.8) is 0 Å². The topological polar surface area (TPSA) is 94.6 Å². The number of carbonyl (C=O) groups excluding carboxylic acids is 1. The first-order valence-corrected chi connectivity index (χ1v) is 11.8. The zero-order chi connectivity index (χ0) is 24.0. The summed E-state index contributed by atoms with van der Waals surface area (Å²) < 4.78 is 6.28. The van der Waals surface area contributed by atoms with Crippen LogP contribution < -0.4 is 5.84 Å². The Balaban J connectivity index is 1.51. The average Bonchev–Trinajstić information content (AvgIpc) is 3.13. The lowest BCUT2D eigenvalue weighted by Gasteiger charge is -2.48. The smallest absolute Gasteiger partial charge is 0.160 e. The molecule has 3 N–H and O–H groups in total. The molecule has 2 fully saturated rings. The number of rotatable bonds is 9. The number of aliphatic imine (C=N–C) groups is 1.